The molecule has 0 bridgehead atoms. The summed E-state index contributed by atoms with van der Waals surface area (Å²) >= 11 is 0. The first kappa shape index (κ1) is 11.9. The smallest absolute Gasteiger partial charge is 0.312 e. The Bertz CT molecular complexity index is 515. The number of rotatable bonds is 2. The summed E-state index contributed by atoms with van der Waals surface area (Å²) in [5, 5.41) is 4.87. The Hall–Kier alpha value is -2.57. The zero-order valence-electron chi connectivity index (χ0n) is 9.47. The van der Waals surface area contributed by atoms with Crippen molar-refractivity contribution in [3.05, 3.63) is 24.3 Å². The molecule has 0 radical (unpaired) electrons. The molecule has 7 heteroatoms. The number of nitrogens with one attached hydrogen (secondary N) is 2. The van der Waals surface area contributed by atoms with Crippen molar-refractivity contribution >= 4 is 29.2 Å². The number of primary amides is 1. The van der Waals surface area contributed by atoms with Crippen LogP contribution < -0.4 is 21.3 Å². The third-order valence-electron chi connectivity index (χ3n) is 2.49. The fourth-order valence-corrected chi connectivity index (χ4v) is 1.71. The standard InChI is InChI=1S/C11H12N4O3/c12-11(18)13-5-10(17)15-6-9(16)14-7-3-1-2-4-8(7)15/h1-4H,5-6H2,(H,14,16)(H3,12,13,18). The van der Waals surface area contributed by atoms with Crippen molar-refractivity contribution < 1.29 is 14.4 Å². The first-order valence-electron chi connectivity index (χ1n) is 5.30. The molecule has 1 aliphatic heterocycles. The third-order valence-corrected chi connectivity index (χ3v) is 2.49. The van der Waals surface area contributed by atoms with E-state index < -0.39 is 11.9 Å². The van der Waals surface area contributed by atoms with Crippen LogP contribution in [0.3, 0.4) is 0 Å². The van der Waals surface area contributed by atoms with Gasteiger partial charge in [-0.25, -0.2) is 4.79 Å². The number of hydrogen-bond donors (Lipinski definition) is 3. The molecule has 7 nitrogen and oxygen atoms in total. The molecule has 0 spiro atoms. The molecular weight excluding hydrogens is 236 g/mol. The predicted molar refractivity (Wildman–Crippen MR) is 65.0 cm³/mol. The van der Waals surface area contributed by atoms with Gasteiger partial charge in [0.2, 0.25) is 11.8 Å². The molecule has 0 saturated carbocycles. The lowest BCUT2D eigenvalue weighted by Gasteiger charge is -2.29. The maximum absolute atomic E-state index is 11.9. The number of carbonyl (C=O) groups excluding carboxylic acids is 3. The summed E-state index contributed by atoms with van der Waals surface area (Å²) in [5.74, 6) is -0.669. The average Bonchev–Trinajstić information content (AvgIpc) is 2.34. The Labute approximate surface area is 103 Å². The summed E-state index contributed by atoms with van der Waals surface area (Å²) in [7, 11) is 0. The van der Waals surface area contributed by atoms with Crippen LogP contribution in [0, 0.1) is 0 Å². The second kappa shape index (κ2) is 4.74. The Balaban J connectivity index is 2.20. The molecule has 94 valence electrons. The molecule has 0 atom stereocenters. The lowest BCUT2D eigenvalue weighted by molar-refractivity contribution is -0.121. The number of benzene rings is 1. The minimum atomic E-state index is -0.780. The maximum Gasteiger partial charge on any atom is 0.312 e. The van der Waals surface area contributed by atoms with Gasteiger partial charge in [-0.15, -0.1) is 0 Å². The average molecular weight is 248 g/mol. The van der Waals surface area contributed by atoms with Crippen LogP contribution in [0.4, 0.5) is 16.2 Å². The van der Waals surface area contributed by atoms with Gasteiger partial charge in [0.05, 0.1) is 17.9 Å². The monoisotopic (exact) mass is 248 g/mol. The van der Waals surface area contributed by atoms with Gasteiger partial charge in [0.15, 0.2) is 0 Å². The van der Waals surface area contributed by atoms with E-state index in [9.17, 15) is 14.4 Å². The summed E-state index contributed by atoms with van der Waals surface area (Å²) in [6, 6.07) is 6.16. The number of anilines is 2. The summed E-state index contributed by atoms with van der Waals surface area (Å²) < 4.78 is 0. The highest BCUT2D eigenvalue weighted by Crippen LogP contribution is 2.28. The van der Waals surface area contributed by atoms with Gasteiger partial charge in [-0.2, -0.15) is 0 Å². The SMILES string of the molecule is NC(=O)NCC(=O)N1CC(=O)Nc2ccccc21. The summed E-state index contributed by atoms with van der Waals surface area (Å²) in [5.41, 5.74) is 6.07. The first-order valence-corrected chi connectivity index (χ1v) is 5.30. The summed E-state index contributed by atoms with van der Waals surface area (Å²) in [6.07, 6.45) is 0. The molecule has 0 unspecified atom stereocenters. The number of hydrogen-bond acceptors (Lipinski definition) is 3. The third kappa shape index (κ3) is 2.40. The zero-order valence-corrected chi connectivity index (χ0v) is 9.47. The van der Waals surface area contributed by atoms with E-state index in [0.29, 0.717) is 11.4 Å². The molecule has 1 aromatic rings. The van der Waals surface area contributed by atoms with Gasteiger partial charge in [-0.1, -0.05) is 12.1 Å². The van der Waals surface area contributed by atoms with E-state index in [-0.39, 0.29) is 19.0 Å². The lowest BCUT2D eigenvalue weighted by Crippen LogP contribution is -2.47. The minimum absolute atomic E-state index is 0.0731. The highest BCUT2D eigenvalue weighted by molar-refractivity contribution is 6.10. The molecule has 4 amide bonds. The largest absolute Gasteiger partial charge is 0.352 e. The van der Waals surface area contributed by atoms with E-state index in [1.165, 1.54) is 4.90 Å². The van der Waals surface area contributed by atoms with Crippen LogP contribution in [-0.4, -0.2) is 30.9 Å². The Morgan fingerprint density at radius 2 is 2.11 bits per heavy atom. The van der Waals surface area contributed by atoms with Crippen molar-refractivity contribution in [3.8, 4) is 0 Å². The molecule has 0 aromatic heterocycles. The van der Waals surface area contributed by atoms with Crippen LogP contribution in [0.1, 0.15) is 0 Å². The molecular formula is C11H12N4O3. The highest BCUT2D eigenvalue weighted by Gasteiger charge is 2.26. The topological polar surface area (TPSA) is 105 Å². The van der Waals surface area contributed by atoms with Crippen LogP contribution in [0.15, 0.2) is 24.3 Å². The van der Waals surface area contributed by atoms with Gasteiger partial charge < -0.3 is 16.4 Å². The van der Waals surface area contributed by atoms with Gasteiger partial charge in [0, 0.05) is 0 Å². The normalized spacial score (nSPS) is 13.6. The molecule has 0 saturated heterocycles. The van der Waals surface area contributed by atoms with E-state index in [2.05, 4.69) is 10.6 Å². The van der Waals surface area contributed by atoms with E-state index in [1.807, 2.05) is 0 Å². The van der Waals surface area contributed by atoms with Crippen LogP contribution in [0.25, 0.3) is 0 Å². The predicted octanol–water partition coefficient (Wildman–Crippen LogP) is -0.360. The fourth-order valence-electron chi connectivity index (χ4n) is 1.71. The van der Waals surface area contributed by atoms with Crippen LogP contribution in [-0.2, 0) is 9.59 Å². The van der Waals surface area contributed by atoms with Gasteiger partial charge >= 0.3 is 6.03 Å². The van der Waals surface area contributed by atoms with Crippen molar-refractivity contribution in [2.24, 2.45) is 5.73 Å². The number of nitrogens with zero attached hydrogens (tertiary/aromatic N) is 1. The molecule has 1 aliphatic rings. The second-order valence-electron chi connectivity index (χ2n) is 3.76. The van der Waals surface area contributed by atoms with Gasteiger partial charge in [0.1, 0.15) is 6.54 Å². The van der Waals surface area contributed by atoms with Crippen LogP contribution >= 0.6 is 0 Å². The number of para-hydroxylation sites is 2. The van der Waals surface area contributed by atoms with Crippen LogP contribution in [0.5, 0.6) is 0 Å². The Morgan fingerprint density at radius 1 is 1.39 bits per heavy atom. The number of nitrogens with two attached hydrogens (primary N) is 1. The number of amides is 4. The molecule has 4 N–H and O–H groups in total. The highest BCUT2D eigenvalue weighted by atomic mass is 16.2. The number of carbonyl (C=O) groups is 3. The second-order valence-corrected chi connectivity index (χ2v) is 3.76. The molecule has 0 aliphatic carbocycles. The van der Waals surface area contributed by atoms with Crippen molar-refractivity contribution in [3.63, 3.8) is 0 Å². The molecule has 1 heterocycles. The van der Waals surface area contributed by atoms with Crippen LogP contribution in [0.2, 0.25) is 0 Å². The molecule has 0 fully saturated rings. The molecule has 1 aromatic carbocycles. The number of urea groups is 1. The van der Waals surface area contributed by atoms with E-state index in [0.717, 1.165) is 0 Å². The number of fused-ring (bicyclic) bond motifs is 1. The van der Waals surface area contributed by atoms with E-state index in [1.54, 1.807) is 24.3 Å². The van der Waals surface area contributed by atoms with Crippen molar-refractivity contribution in [1.82, 2.24) is 5.32 Å². The van der Waals surface area contributed by atoms with E-state index >= 15 is 0 Å². The molecule has 18 heavy (non-hydrogen) atoms. The van der Waals surface area contributed by atoms with Gasteiger partial charge in [-0.3, -0.25) is 14.5 Å². The minimum Gasteiger partial charge on any atom is -0.352 e. The quantitative estimate of drug-likeness (QED) is 0.665. The summed E-state index contributed by atoms with van der Waals surface area (Å²) in [4.78, 5) is 35.2. The Morgan fingerprint density at radius 3 is 2.83 bits per heavy atom. The zero-order chi connectivity index (χ0) is 13.1. The summed E-state index contributed by atoms with van der Waals surface area (Å²) in [6.45, 7) is -0.312. The van der Waals surface area contributed by atoms with Crippen molar-refractivity contribution in [2.75, 3.05) is 23.3 Å². The first-order chi connectivity index (χ1) is 8.58. The fraction of sp³-hybridized carbons (Fsp3) is 0.182. The van der Waals surface area contributed by atoms with Gasteiger partial charge in [0.25, 0.3) is 0 Å². The maximum atomic E-state index is 11.9. The van der Waals surface area contributed by atoms with Crippen molar-refractivity contribution in [2.45, 2.75) is 0 Å². The lowest BCUT2D eigenvalue weighted by atomic mass is 10.2. The Kier molecular flexibility index (Phi) is 3.13. The van der Waals surface area contributed by atoms with Crippen molar-refractivity contribution in [1.29, 1.82) is 0 Å². The van der Waals surface area contributed by atoms with E-state index in [4.69, 9.17) is 5.73 Å². The molecule has 2 rings (SSSR count). The van der Waals surface area contributed by atoms with Gasteiger partial charge in [-0.05, 0) is 12.1 Å².